The Morgan fingerprint density at radius 2 is 1.77 bits per heavy atom. The highest BCUT2D eigenvalue weighted by molar-refractivity contribution is 7.12. The van der Waals surface area contributed by atoms with Crippen molar-refractivity contribution in [3.05, 3.63) is 46.2 Å². The Bertz CT molecular complexity index is 829. The first-order chi connectivity index (χ1) is 14.3. The highest BCUT2D eigenvalue weighted by Crippen LogP contribution is 2.27. The Balaban J connectivity index is 2.35. The van der Waals surface area contributed by atoms with E-state index in [1.54, 1.807) is 0 Å². The maximum Gasteiger partial charge on any atom is 0.265 e. The lowest BCUT2D eigenvalue weighted by Gasteiger charge is -2.33. The second-order valence-corrected chi connectivity index (χ2v) is 8.85. The largest absolute Gasteiger partial charge is 0.377 e. The summed E-state index contributed by atoms with van der Waals surface area (Å²) in [6.45, 7) is 8.90. The smallest absolute Gasteiger partial charge is 0.265 e. The molecule has 0 aliphatic carbocycles. The second-order valence-electron chi connectivity index (χ2n) is 7.91. The fraction of sp³-hybridized carbons (Fsp3) is 0.500. The van der Waals surface area contributed by atoms with Gasteiger partial charge in [-0.3, -0.25) is 9.59 Å². The molecule has 5 nitrogen and oxygen atoms in total. The predicted octanol–water partition coefficient (Wildman–Crippen LogP) is 5.63. The monoisotopic (exact) mass is 429 g/mol. The lowest BCUT2D eigenvalue weighted by atomic mass is 9.99. The third kappa shape index (κ3) is 5.85. The van der Waals surface area contributed by atoms with Gasteiger partial charge in [-0.2, -0.15) is 0 Å². The van der Waals surface area contributed by atoms with Gasteiger partial charge < -0.3 is 15.1 Å². The number of rotatable bonds is 10. The van der Waals surface area contributed by atoms with E-state index in [1.807, 2.05) is 54.7 Å². The van der Waals surface area contributed by atoms with Gasteiger partial charge in [0.1, 0.15) is 0 Å². The average Bonchev–Trinajstić information content (AvgIpc) is 3.27. The van der Waals surface area contributed by atoms with E-state index in [-0.39, 0.29) is 23.8 Å². The van der Waals surface area contributed by atoms with Crippen LogP contribution in [0.15, 0.2) is 35.7 Å². The fourth-order valence-electron chi connectivity index (χ4n) is 3.55. The summed E-state index contributed by atoms with van der Waals surface area (Å²) in [4.78, 5) is 30.5. The maximum absolute atomic E-state index is 13.3. The van der Waals surface area contributed by atoms with Crippen LogP contribution in [-0.2, 0) is 11.3 Å². The number of carbonyl (C=O) groups excluding carboxylic acids is 2. The van der Waals surface area contributed by atoms with Gasteiger partial charge in [0.15, 0.2) is 0 Å². The zero-order chi connectivity index (χ0) is 22.3. The second kappa shape index (κ2) is 11.2. The van der Waals surface area contributed by atoms with Gasteiger partial charge in [0.05, 0.1) is 4.88 Å². The van der Waals surface area contributed by atoms with Crippen molar-refractivity contribution in [1.29, 1.82) is 0 Å². The number of benzene rings is 1. The first-order valence-electron chi connectivity index (χ1n) is 10.8. The number of nitrogens with one attached hydrogen (secondary N) is 1. The number of hydrogen-bond acceptors (Lipinski definition) is 4. The number of amides is 2. The van der Waals surface area contributed by atoms with Crippen molar-refractivity contribution in [2.75, 3.05) is 24.3 Å². The van der Waals surface area contributed by atoms with Crippen LogP contribution in [0.5, 0.6) is 0 Å². The summed E-state index contributed by atoms with van der Waals surface area (Å²) in [7, 11) is 4.00. The van der Waals surface area contributed by atoms with Crippen molar-refractivity contribution in [2.24, 2.45) is 5.92 Å². The summed E-state index contributed by atoms with van der Waals surface area (Å²) in [5, 5.41) is 4.88. The van der Waals surface area contributed by atoms with Crippen LogP contribution in [0.1, 0.15) is 62.2 Å². The minimum atomic E-state index is -0.111. The van der Waals surface area contributed by atoms with Crippen molar-refractivity contribution in [2.45, 2.75) is 59.5 Å². The maximum atomic E-state index is 13.3. The molecule has 0 bridgehead atoms. The summed E-state index contributed by atoms with van der Waals surface area (Å²) in [6.07, 6.45) is 2.59. The summed E-state index contributed by atoms with van der Waals surface area (Å²) >= 11 is 1.42. The van der Waals surface area contributed by atoms with E-state index in [9.17, 15) is 9.59 Å². The highest BCUT2D eigenvalue weighted by Gasteiger charge is 2.26. The van der Waals surface area contributed by atoms with Crippen molar-refractivity contribution < 1.29 is 9.59 Å². The first kappa shape index (κ1) is 23.9. The number of hydrogen-bond donors (Lipinski definition) is 1. The quantitative estimate of drug-likeness (QED) is 0.532. The van der Waals surface area contributed by atoms with E-state index in [0.29, 0.717) is 11.4 Å². The number of nitrogens with zero attached hydrogens (tertiary/aromatic N) is 2. The third-order valence-corrected chi connectivity index (χ3v) is 6.51. The molecule has 164 valence electrons. The Labute approximate surface area is 185 Å². The van der Waals surface area contributed by atoms with Gasteiger partial charge in [-0.1, -0.05) is 26.8 Å². The Morgan fingerprint density at radius 3 is 2.30 bits per heavy atom. The van der Waals surface area contributed by atoms with Crippen LogP contribution in [0.25, 0.3) is 0 Å². The Morgan fingerprint density at radius 1 is 1.07 bits per heavy atom. The summed E-state index contributed by atoms with van der Waals surface area (Å²) < 4.78 is 0. The van der Waals surface area contributed by atoms with E-state index in [1.165, 1.54) is 11.3 Å². The number of thiophene rings is 1. The molecule has 0 fully saturated rings. The number of anilines is 2. The molecule has 0 aliphatic heterocycles. The van der Waals surface area contributed by atoms with Gasteiger partial charge in [0.2, 0.25) is 5.91 Å². The van der Waals surface area contributed by atoms with Gasteiger partial charge >= 0.3 is 0 Å². The predicted molar refractivity (Wildman–Crippen MR) is 127 cm³/mol. The highest BCUT2D eigenvalue weighted by atomic mass is 32.1. The van der Waals surface area contributed by atoms with Crippen molar-refractivity contribution in [3.63, 3.8) is 0 Å². The molecule has 0 saturated carbocycles. The SMILES string of the molecule is CCC(CC)C(=O)N(Cc1cc(NC(=O)c2cccs2)ccc1N(C)C)[C@@H](C)CC. The molecule has 1 atom stereocenters. The van der Waals surface area contributed by atoms with Crippen LogP contribution in [-0.4, -0.2) is 36.9 Å². The Hall–Kier alpha value is -2.34. The minimum absolute atomic E-state index is 0.0449. The lowest BCUT2D eigenvalue weighted by Crippen LogP contribution is -2.41. The average molecular weight is 430 g/mol. The molecule has 1 aromatic heterocycles. The van der Waals surface area contributed by atoms with E-state index in [4.69, 9.17) is 0 Å². The molecule has 0 radical (unpaired) electrons. The molecular formula is C24H35N3O2S. The molecule has 30 heavy (non-hydrogen) atoms. The fourth-order valence-corrected chi connectivity index (χ4v) is 4.17. The first-order valence-corrected chi connectivity index (χ1v) is 11.7. The van der Waals surface area contributed by atoms with Gasteiger partial charge in [-0.15, -0.1) is 11.3 Å². The van der Waals surface area contributed by atoms with Crippen molar-refractivity contribution in [1.82, 2.24) is 4.90 Å². The zero-order valence-electron chi connectivity index (χ0n) is 19.1. The molecule has 2 rings (SSSR count). The molecule has 1 heterocycles. The van der Waals surface area contributed by atoms with Crippen LogP contribution in [0, 0.1) is 5.92 Å². The molecule has 6 heteroatoms. The van der Waals surface area contributed by atoms with E-state index in [0.717, 1.165) is 36.2 Å². The van der Waals surface area contributed by atoms with Crippen LogP contribution in [0.4, 0.5) is 11.4 Å². The molecule has 0 unspecified atom stereocenters. The molecule has 1 aromatic carbocycles. The standard InChI is InChI=1S/C24H35N3O2S/c1-7-17(4)27(24(29)18(8-2)9-3)16-19-15-20(12-13-21(19)26(5)6)25-23(28)22-11-10-14-30-22/h10-15,17-18H,7-9,16H2,1-6H3,(H,25,28)/t17-/m0/s1. The molecule has 2 amide bonds. The molecule has 0 spiro atoms. The van der Waals surface area contributed by atoms with Crippen molar-refractivity contribution >= 4 is 34.5 Å². The van der Waals surface area contributed by atoms with E-state index in [2.05, 4.69) is 37.9 Å². The molecule has 0 saturated heterocycles. The minimum Gasteiger partial charge on any atom is -0.377 e. The topological polar surface area (TPSA) is 52.7 Å². The lowest BCUT2D eigenvalue weighted by molar-refractivity contribution is -0.138. The Kier molecular flexibility index (Phi) is 8.90. The van der Waals surface area contributed by atoms with Gasteiger partial charge in [-0.25, -0.2) is 0 Å². The zero-order valence-corrected chi connectivity index (χ0v) is 19.9. The van der Waals surface area contributed by atoms with Gasteiger partial charge in [0.25, 0.3) is 5.91 Å². The molecule has 1 N–H and O–H groups in total. The van der Waals surface area contributed by atoms with Crippen LogP contribution in [0.3, 0.4) is 0 Å². The summed E-state index contributed by atoms with van der Waals surface area (Å²) in [6, 6.07) is 9.76. The van der Waals surface area contributed by atoms with Crippen LogP contribution in [0.2, 0.25) is 0 Å². The summed E-state index contributed by atoms with van der Waals surface area (Å²) in [5.41, 5.74) is 2.83. The molecule has 0 aliphatic rings. The third-order valence-electron chi connectivity index (χ3n) is 5.65. The molecule has 2 aromatic rings. The van der Waals surface area contributed by atoms with E-state index >= 15 is 0 Å². The van der Waals surface area contributed by atoms with Crippen LogP contribution < -0.4 is 10.2 Å². The summed E-state index contributed by atoms with van der Waals surface area (Å²) in [5.74, 6) is 0.149. The normalized spacial score (nSPS) is 12.0. The van der Waals surface area contributed by atoms with Gasteiger partial charge in [-0.05, 0) is 61.4 Å². The van der Waals surface area contributed by atoms with Gasteiger partial charge in [0, 0.05) is 44.0 Å². The van der Waals surface area contributed by atoms with Crippen LogP contribution >= 0.6 is 11.3 Å². The van der Waals surface area contributed by atoms with Crippen molar-refractivity contribution in [3.8, 4) is 0 Å². The van der Waals surface area contributed by atoms with E-state index < -0.39 is 0 Å². The number of carbonyl (C=O) groups is 2. The molecular weight excluding hydrogens is 394 g/mol.